The third-order valence-corrected chi connectivity index (χ3v) is 6.94. The number of rotatable bonds is 9. The summed E-state index contributed by atoms with van der Waals surface area (Å²) in [7, 11) is 0. The van der Waals surface area contributed by atoms with Crippen molar-refractivity contribution in [3.63, 3.8) is 0 Å². The van der Waals surface area contributed by atoms with Gasteiger partial charge in [-0.1, -0.05) is 36.4 Å². The zero-order valence-electron chi connectivity index (χ0n) is 21.9. The molecule has 8 heteroatoms. The molecule has 1 aliphatic heterocycles. The first kappa shape index (κ1) is 26.9. The highest BCUT2D eigenvalue weighted by molar-refractivity contribution is 5.70. The predicted molar refractivity (Wildman–Crippen MR) is 138 cm³/mol. The molecule has 1 heterocycles. The van der Waals surface area contributed by atoms with Crippen molar-refractivity contribution in [2.45, 2.75) is 70.1 Å². The van der Waals surface area contributed by atoms with Gasteiger partial charge in [-0.15, -0.1) is 0 Å². The van der Waals surface area contributed by atoms with Crippen LogP contribution in [0, 0.1) is 5.82 Å². The van der Waals surface area contributed by atoms with Gasteiger partial charge in [0.1, 0.15) is 23.8 Å². The van der Waals surface area contributed by atoms with Crippen LogP contribution in [0.25, 0.3) is 0 Å². The third-order valence-electron chi connectivity index (χ3n) is 6.94. The van der Waals surface area contributed by atoms with E-state index in [1.165, 1.54) is 17.7 Å². The average molecular weight is 513 g/mol. The van der Waals surface area contributed by atoms with Gasteiger partial charge in [0.05, 0.1) is 6.42 Å². The topological polar surface area (TPSA) is 79.3 Å². The number of hydrogen-bond donors (Lipinski definition) is 1. The van der Waals surface area contributed by atoms with Crippen molar-refractivity contribution >= 4 is 12.1 Å². The van der Waals surface area contributed by atoms with E-state index < -0.39 is 17.4 Å². The highest BCUT2D eigenvalue weighted by atomic mass is 19.1. The number of carbonyl (C=O) groups excluding carboxylic acids is 1. The Hall–Kier alpha value is -3.13. The smallest absolute Gasteiger partial charge is 0.410 e. The zero-order valence-corrected chi connectivity index (χ0v) is 21.9. The maximum absolute atomic E-state index is 14.1. The van der Waals surface area contributed by atoms with E-state index in [9.17, 15) is 14.0 Å². The Bertz CT molecular complexity index is 1080. The molecule has 2 atom stereocenters. The van der Waals surface area contributed by atoms with E-state index in [4.69, 9.17) is 14.6 Å². The lowest BCUT2D eigenvalue weighted by Gasteiger charge is -2.39. The molecule has 1 saturated heterocycles. The Balaban J connectivity index is 1.30. The summed E-state index contributed by atoms with van der Waals surface area (Å²) in [5.41, 5.74) is 0.861. The average Bonchev–Trinajstić information content (AvgIpc) is 3.61. The molecule has 7 nitrogen and oxygen atoms in total. The van der Waals surface area contributed by atoms with Gasteiger partial charge in [0, 0.05) is 43.7 Å². The molecule has 2 fully saturated rings. The summed E-state index contributed by atoms with van der Waals surface area (Å²) in [6, 6.07) is 14.9. The molecule has 0 aromatic heterocycles. The summed E-state index contributed by atoms with van der Waals surface area (Å²) >= 11 is 0. The second-order valence-corrected chi connectivity index (χ2v) is 11.0. The van der Waals surface area contributed by atoms with Crippen molar-refractivity contribution in [3.05, 3.63) is 65.5 Å². The van der Waals surface area contributed by atoms with Crippen molar-refractivity contribution in [3.8, 4) is 5.75 Å². The molecule has 1 saturated carbocycles. The highest BCUT2D eigenvalue weighted by Gasteiger charge is 2.48. The molecule has 0 unspecified atom stereocenters. The quantitative estimate of drug-likeness (QED) is 0.504. The summed E-state index contributed by atoms with van der Waals surface area (Å²) < 4.78 is 25.6. The fourth-order valence-electron chi connectivity index (χ4n) is 5.06. The first-order valence-electron chi connectivity index (χ1n) is 13.0. The Morgan fingerprint density at radius 2 is 1.81 bits per heavy atom. The van der Waals surface area contributed by atoms with Gasteiger partial charge in [-0.05, 0) is 57.2 Å². The molecule has 0 bridgehead atoms. The largest absolute Gasteiger partial charge is 0.492 e. The second-order valence-electron chi connectivity index (χ2n) is 11.0. The number of halogens is 1. The number of carboxylic acids is 1. The van der Waals surface area contributed by atoms with E-state index >= 15 is 0 Å². The molecule has 2 aliphatic rings. The lowest BCUT2D eigenvalue weighted by Crippen LogP contribution is -2.50. The number of aliphatic carboxylic acids is 1. The molecule has 37 heavy (non-hydrogen) atoms. The summed E-state index contributed by atoms with van der Waals surface area (Å²) in [6.45, 7) is 8.46. The van der Waals surface area contributed by atoms with E-state index in [0.29, 0.717) is 24.8 Å². The van der Waals surface area contributed by atoms with Crippen LogP contribution in [0.3, 0.4) is 0 Å². The maximum atomic E-state index is 14.1. The minimum absolute atomic E-state index is 0.126. The fourth-order valence-corrected chi connectivity index (χ4v) is 5.06. The summed E-state index contributed by atoms with van der Waals surface area (Å²) in [6.07, 6.45) is 2.09. The molecule has 2 aromatic rings. The lowest BCUT2D eigenvalue weighted by molar-refractivity contribution is -0.136. The Morgan fingerprint density at radius 1 is 1.11 bits per heavy atom. The van der Waals surface area contributed by atoms with Gasteiger partial charge < -0.3 is 19.5 Å². The van der Waals surface area contributed by atoms with Crippen LogP contribution < -0.4 is 4.74 Å². The summed E-state index contributed by atoms with van der Waals surface area (Å²) in [5, 5.41) is 8.85. The number of benzene rings is 2. The molecular formula is C29H37FN2O5. The molecule has 4 rings (SSSR count). The van der Waals surface area contributed by atoms with Crippen LogP contribution in [-0.2, 0) is 16.0 Å². The molecule has 2 aromatic carbocycles. The van der Waals surface area contributed by atoms with Gasteiger partial charge in [0.15, 0.2) is 0 Å². The molecule has 0 radical (unpaired) electrons. The van der Waals surface area contributed by atoms with Gasteiger partial charge in [-0.3, -0.25) is 9.69 Å². The predicted octanol–water partition coefficient (Wildman–Crippen LogP) is 5.09. The van der Waals surface area contributed by atoms with Crippen molar-refractivity contribution in [1.29, 1.82) is 0 Å². The summed E-state index contributed by atoms with van der Waals surface area (Å²) in [5.74, 6) is -0.906. The van der Waals surface area contributed by atoms with E-state index in [0.717, 1.165) is 32.4 Å². The van der Waals surface area contributed by atoms with E-state index in [1.54, 1.807) is 6.07 Å². The number of nitrogens with zero attached hydrogens (tertiary/aromatic N) is 2. The Labute approximate surface area is 218 Å². The molecule has 0 spiro atoms. The van der Waals surface area contributed by atoms with Crippen molar-refractivity contribution in [2.75, 3.05) is 26.2 Å². The Morgan fingerprint density at radius 3 is 2.43 bits per heavy atom. The van der Waals surface area contributed by atoms with Crippen molar-refractivity contribution < 1.29 is 28.6 Å². The lowest BCUT2D eigenvalue weighted by atomic mass is 10.0. The van der Waals surface area contributed by atoms with Crippen LogP contribution in [0.2, 0.25) is 0 Å². The molecule has 1 N–H and O–H groups in total. The third kappa shape index (κ3) is 7.44. The van der Waals surface area contributed by atoms with Crippen LogP contribution in [-0.4, -0.2) is 70.9 Å². The molecule has 200 valence electrons. The van der Waals surface area contributed by atoms with Crippen LogP contribution in [0.5, 0.6) is 5.75 Å². The van der Waals surface area contributed by atoms with Crippen molar-refractivity contribution in [1.82, 2.24) is 9.80 Å². The summed E-state index contributed by atoms with van der Waals surface area (Å²) in [4.78, 5) is 28.3. The Kier molecular flexibility index (Phi) is 8.37. The molecule has 1 amide bonds. The minimum atomic E-state index is -1.07. The number of carboxylic acid groups (broad SMARTS) is 1. The highest BCUT2D eigenvalue weighted by Crippen LogP contribution is 2.46. The van der Waals surface area contributed by atoms with E-state index in [-0.39, 0.29) is 30.2 Å². The van der Waals surface area contributed by atoms with Gasteiger partial charge in [-0.25, -0.2) is 9.18 Å². The van der Waals surface area contributed by atoms with Crippen LogP contribution in [0.4, 0.5) is 9.18 Å². The number of likely N-dealkylation sites (tertiary alicyclic amines) is 1. The van der Waals surface area contributed by atoms with E-state index in [1.807, 2.05) is 43.9 Å². The molecular weight excluding hydrogens is 475 g/mol. The standard InChI is InChI=1S/C29H37FN2O5/c1-29(2,3)37-28(35)32(26-19-24(26)20-7-5-4-6-8-20)22-11-13-31(14-12-22)15-16-36-23-10-9-21(17-27(33)34)25(30)18-23/h4-10,18,22,24,26H,11-17,19H2,1-3H3,(H,33,34)/t24-,26+/m0/s1. The van der Waals surface area contributed by atoms with Crippen molar-refractivity contribution in [2.24, 2.45) is 0 Å². The first-order chi connectivity index (χ1) is 17.6. The van der Waals surface area contributed by atoms with Crippen LogP contribution in [0.15, 0.2) is 48.5 Å². The molecule has 1 aliphatic carbocycles. The number of hydrogen-bond acceptors (Lipinski definition) is 5. The van der Waals surface area contributed by atoms with E-state index in [2.05, 4.69) is 17.0 Å². The van der Waals surface area contributed by atoms with Gasteiger partial charge in [-0.2, -0.15) is 0 Å². The number of ether oxygens (including phenoxy) is 2. The normalized spacial score (nSPS) is 20.3. The number of carbonyl (C=O) groups is 2. The first-order valence-corrected chi connectivity index (χ1v) is 13.0. The zero-order chi connectivity index (χ0) is 26.6. The van der Waals surface area contributed by atoms with Crippen LogP contribution >= 0.6 is 0 Å². The second kappa shape index (κ2) is 11.5. The number of piperidine rings is 1. The van der Waals surface area contributed by atoms with Gasteiger partial charge in [0.2, 0.25) is 0 Å². The fraction of sp³-hybridized carbons (Fsp3) is 0.517. The van der Waals surface area contributed by atoms with Crippen LogP contribution in [0.1, 0.15) is 57.1 Å². The minimum Gasteiger partial charge on any atom is -0.492 e. The van der Waals surface area contributed by atoms with Gasteiger partial charge in [0.25, 0.3) is 0 Å². The maximum Gasteiger partial charge on any atom is 0.410 e. The van der Waals surface area contributed by atoms with Gasteiger partial charge >= 0.3 is 12.1 Å². The number of amides is 1. The monoisotopic (exact) mass is 512 g/mol. The SMILES string of the molecule is CC(C)(C)OC(=O)N(C1CCN(CCOc2ccc(CC(=O)O)c(F)c2)CC1)[C@@H]1C[C@H]1c1ccccc1.